The molecule has 0 N–H and O–H groups in total. The number of sulfone groups is 1. The van der Waals surface area contributed by atoms with Crippen LogP contribution in [0.1, 0.15) is 19.3 Å². The van der Waals surface area contributed by atoms with Crippen molar-refractivity contribution >= 4 is 15.8 Å². The standard InChI is InChI=1S/C13H23NO5S/c1-18-12(15)10-13(2-3-13)11-20(16,17)9-6-14-4-7-19-8-5-14/h2-11H2,1H3. The Morgan fingerprint density at radius 3 is 2.50 bits per heavy atom. The summed E-state index contributed by atoms with van der Waals surface area (Å²) in [7, 11) is -1.78. The van der Waals surface area contributed by atoms with Gasteiger partial charge in [0.15, 0.2) is 9.84 Å². The summed E-state index contributed by atoms with van der Waals surface area (Å²) in [5.41, 5.74) is -0.350. The highest BCUT2D eigenvalue weighted by molar-refractivity contribution is 7.91. The van der Waals surface area contributed by atoms with Gasteiger partial charge in [0.2, 0.25) is 0 Å². The van der Waals surface area contributed by atoms with Gasteiger partial charge in [0, 0.05) is 19.6 Å². The second-order valence-corrected chi connectivity index (χ2v) is 7.98. The fourth-order valence-electron chi connectivity index (χ4n) is 2.56. The molecule has 1 saturated carbocycles. The van der Waals surface area contributed by atoms with E-state index in [1.54, 1.807) is 0 Å². The normalized spacial score (nSPS) is 22.4. The van der Waals surface area contributed by atoms with Crippen molar-refractivity contribution in [3.63, 3.8) is 0 Å². The van der Waals surface area contributed by atoms with Gasteiger partial charge in [-0.1, -0.05) is 0 Å². The smallest absolute Gasteiger partial charge is 0.306 e. The quantitative estimate of drug-likeness (QED) is 0.620. The first kappa shape index (κ1) is 15.7. The SMILES string of the molecule is COC(=O)CC1(CS(=O)(=O)CCN2CCOCC2)CC1. The molecule has 1 aliphatic carbocycles. The van der Waals surface area contributed by atoms with Gasteiger partial charge in [0.25, 0.3) is 0 Å². The van der Waals surface area contributed by atoms with Crippen LogP contribution in [0.25, 0.3) is 0 Å². The highest BCUT2D eigenvalue weighted by Gasteiger charge is 2.47. The molecule has 1 heterocycles. The second-order valence-electron chi connectivity index (χ2n) is 5.80. The van der Waals surface area contributed by atoms with Crippen molar-refractivity contribution in [2.75, 3.05) is 51.5 Å². The Labute approximate surface area is 120 Å². The van der Waals surface area contributed by atoms with Crippen LogP contribution in [0.4, 0.5) is 0 Å². The Kier molecular flexibility index (Phi) is 5.04. The maximum Gasteiger partial charge on any atom is 0.306 e. The molecule has 0 spiro atoms. The van der Waals surface area contributed by atoms with E-state index >= 15 is 0 Å². The highest BCUT2D eigenvalue weighted by Crippen LogP contribution is 2.50. The third-order valence-corrected chi connectivity index (χ3v) is 5.91. The summed E-state index contributed by atoms with van der Waals surface area (Å²) in [6, 6.07) is 0. The Morgan fingerprint density at radius 2 is 1.95 bits per heavy atom. The summed E-state index contributed by atoms with van der Waals surface area (Å²) in [6.45, 7) is 3.49. The number of ether oxygens (including phenoxy) is 2. The average Bonchev–Trinajstić information content (AvgIpc) is 3.16. The first-order valence-corrected chi connectivity index (χ1v) is 8.84. The van der Waals surface area contributed by atoms with Crippen molar-refractivity contribution < 1.29 is 22.7 Å². The number of carbonyl (C=O) groups is 1. The first-order valence-electron chi connectivity index (χ1n) is 7.02. The number of methoxy groups -OCH3 is 1. The lowest BCUT2D eigenvalue weighted by Crippen LogP contribution is -2.39. The molecule has 0 aromatic heterocycles. The minimum Gasteiger partial charge on any atom is -0.469 e. The van der Waals surface area contributed by atoms with Crippen LogP contribution in [0, 0.1) is 5.41 Å². The lowest BCUT2D eigenvalue weighted by Gasteiger charge is -2.26. The van der Waals surface area contributed by atoms with Crippen molar-refractivity contribution in [3.8, 4) is 0 Å². The van der Waals surface area contributed by atoms with Gasteiger partial charge in [-0.3, -0.25) is 9.69 Å². The Morgan fingerprint density at radius 1 is 1.30 bits per heavy atom. The van der Waals surface area contributed by atoms with E-state index in [2.05, 4.69) is 9.64 Å². The lowest BCUT2D eigenvalue weighted by molar-refractivity contribution is -0.141. The molecule has 1 saturated heterocycles. The number of hydrogen-bond acceptors (Lipinski definition) is 6. The fraction of sp³-hybridized carbons (Fsp3) is 0.923. The molecule has 7 heteroatoms. The molecule has 6 nitrogen and oxygen atoms in total. The van der Waals surface area contributed by atoms with E-state index in [1.807, 2.05) is 0 Å². The van der Waals surface area contributed by atoms with E-state index in [4.69, 9.17) is 4.74 Å². The van der Waals surface area contributed by atoms with Crippen LogP contribution >= 0.6 is 0 Å². The largest absolute Gasteiger partial charge is 0.469 e. The topological polar surface area (TPSA) is 72.9 Å². The van der Waals surface area contributed by atoms with E-state index < -0.39 is 9.84 Å². The van der Waals surface area contributed by atoms with E-state index in [-0.39, 0.29) is 29.3 Å². The predicted molar refractivity (Wildman–Crippen MR) is 74.2 cm³/mol. The Bertz CT molecular complexity index is 438. The zero-order chi connectivity index (χ0) is 14.6. The number of esters is 1. The fourth-order valence-corrected chi connectivity index (χ4v) is 4.56. The maximum absolute atomic E-state index is 12.2. The summed E-state index contributed by atoms with van der Waals surface area (Å²) in [6.07, 6.45) is 1.83. The molecule has 2 fully saturated rings. The van der Waals surface area contributed by atoms with Crippen LogP contribution in [0.3, 0.4) is 0 Å². The summed E-state index contributed by atoms with van der Waals surface area (Å²) in [4.78, 5) is 13.4. The molecule has 0 aromatic rings. The molecule has 0 amide bonds. The van der Waals surface area contributed by atoms with Crippen molar-refractivity contribution in [2.24, 2.45) is 5.41 Å². The zero-order valence-corrected chi connectivity index (χ0v) is 12.8. The van der Waals surface area contributed by atoms with Gasteiger partial charge < -0.3 is 9.47 Å². The minimum absolute atomic E-state index is 0.111. The Balaban J connectivity index is 1.80. The van der Waals surface area contributed by atoms with Gasteiger partial charge in [-0.15, -0.1) is 0 Å². The highest BCUT2D eigenvalue weighted by atomic mass is 32.2. The molecule has 20 heavy (non-hydrogen) atoms. The summed E-state index contributed by atoms with van der Waals surface area (Å²) in [5.74, 6) is -0.0408. The minimum atomic E-state index is -3.12. The summed E-state index contributed by atoms with van der Waals surface area (Å²) >= 11 is 0. The van der Waals surface area contributed by atoms with E-state index in [0.717, 1.165) is 25.9 Å². The molecular formula is C13H23NO5S. The van der Waals surface area contributed by atoms with Gasteiger partial charge in [-0.05, 0) is 18.3 Å². The summed E-state index contributed by atoms with van der Waals surface area (Å²) in [5, 5.41) is 0. The van der Waals surface area contributed by atoms with Crippen molar-refractivity contribution in [1.29, 1.82) is 0 Å². The van der Waals surface area contributed by atoms with Gasteiger partial charge in [-0.2, -0.15) is 0 Å². The van der Waals surface area contributed by atoms with Gasteiger partial charge in [0.05, 0.1) is 38.3 Å². The van der Waals surface area contributed by atoms with Crippen molar-refractivity contribution in [1.82, 2.24) is 4.90 Å². The van der Waals surface area contributed by atoms with E-state index in [1.165, 1.54) is 7.11 Å². The lowest BCUT2D eigenvalue weighted by atomic mass is 10.1. The van der Waals surface area contributed by atoms with Gasteiger partial charge in [-0.25, -0.2) is 8.42 Å². The monoisotopic (exact) mass is 305 g/mol. The molecular weight excluding hydrogens is 282 g/mol. The zero-order valence-electron chi connectivity index (χ0n) is 12.0. The maximum atomic E-state index is 12.2. The molecule has 0 aromatic carbocycles. The van der Waals surface area contributed by atoms with Crippen LogP contribution < -0.4 is 0 Å². The molecule has 2 aliphatic rings. The van der Waals surface area contributed by atoms with Crippen LogP contribution in [0.5, 0.6) is 0 Å². The molecule has 1 aliphatic heterocycles. The molecule has 0 unspecified atom stereocenters. The van der Waals surface area contributed by atoms with Crippen molar-refractivity contribution in [2.45, 2.75) is 19.3 Å². The molecule has 0 bridgehead atoms. The van der Waals surface area contributed by atoms with Crippen LogP contribution in [0.2, 0.25) is 0 Å². The van der Waals surface area contributed by atoms with Crippen LogP contribution in [-0.4, -0.2) is 70.8 Å². The molecule has 0 radical (unpaired) electrons. The van der Waals surface area contributed by atoms with Gasteiger partial charge >= 0.3 is 5.97 Å². The molecule has 116 valence electrons. The molecule has 2 rings (SSSR count). The number of morpholine rings is 1. The first-order chi connectivity index (χ1) is 9.45. The van der Waals surface area contributed by atoms with E-state index in [9.17, 15) is 13.2 Å². The Hall–Kier alpha value is -0.660. The van der Waals surface area contributed by atoms with Crippen LogP contribution in [-0.2, 0) is 24.1 Å². The second kappa shape index (κ2) is 6.41. The number of hydrogen-bond donors (Lipinski definition) is 0. The number of nitrogens with zero attached hydrogens (tertiary/aromatic N) is 1. The third kappa shape index (κ3) is 4.71. The van der Waals surface area contributed by atoms with E-state index in [0.29, 0.717) is 19.8 Å². The van der Waals surface area contributed by atoms with Crippen LogP contribution in [0.15, 0.2) is 0 Å². The third-order valence-electron chi connectivity index (χ3n) is 4.05. The number of rotatable bonds is 7. The predicted octanol–water partition coefficient (Wildman–Crippen LogP) is 0.0767. The number of carbonyl (C=O) groups excluding carboxylic acids is 1. The van der Waals surface area contributed by atoms with Gasteiger partial charge in [0.1, 0.15) is 0 Å². The molecule has 0 atom stereocenters. The van der Waals surface area contributed by atoms with Crippen molar-refractivity contribution in [3.05, 3.63) is 0 Å². The summed E-state index contributed by atoms with van der Waals surface area (Å²) < 4.78 is 34.3. The average molecular weight is 305 g/mol.